The molecule has 0 aliphatic rings. The molecule has 11 heteroatoms. The average Bonchev–Trinajstić information content (AvgIpc) is 2.09. The van der Waals surface area contributed by atoms with Crippen LogP contribution in [0.15, 0.2) is 0 Å². The van der Waals surface area contributed by atoms with Crippen LogP contribution in [-0.2, 0) is 19.3 Å². The van der Waals surface area contributed by atoms with Crippen LogP contribution in [0.4, 0.5) is 0 Å². The predicted molar refractivity (Wildman–Crippen MR) is 45.9 cm³/mol. The Morgan fingerprint density at radius 3 is 1.40 bits per heavy atom. The summed E-state index contributed by atoms with van der Waals surface area (Å²) in [5.41, 5.74) is 12.7. The lowest BCUT2D eigenvalue weighted by molar-refractivity contribution is -0.172. The molecule has 86 valence electrons. The van der Waals surface area contributed by atoms with Crippen molar-refractivity contribution in [2.75, 3.05) is 0 Å². The summed E-state index contributed by atoms with van der Waals surface area (Å²) in [7, 11) is 0. The molecule has 15 heavy (non-hydrogen) atoms. The summed E-state index contributed by atoms with van der Waals surface area (Å²) in [4.78, 5) is 29.1. The molecule has 0 saturated heterocycles. The van der Waals surface area contributed by atoms with E-state index in [1.54, 1.807) is 11.0 Å². The Morgan fingerprint density at radius 1 is 0.933 bits per heavy atom. The number of hydrogen-bond acceptors (Lipinski definition) is 6. The SMILES string of the molecule is N=C(N)NOC(=O)C(=O)ONC(=N)N.O. The first-order valence-corrected chi connectivity index (χ1v) is 3.05. The van der Waals surface area contributed by atoms with E-state index in [-0.39, 0.29) is 5.48 Å². The molecule has 0 rings (SSSR count). The summed E-state index contributed by atoms with van der Waals surface area (Å²) in [5.74, 6) is -4.22. The molecule has 0 heterocycles. The Hall–Kier alpha value is -2.56. The van der Waals surface area contributed by atoms with E-state index >= 15 is 0 Å². The Balaban J connectivity index is 0. The van der Waals surface area contributed by atoms with E-state index in [0.717, 1.165) is 0 Å². The fourth-order valence-corrected chi connectivity index (χ4v) is 0.286. The molecular formula is C4H10N6O5. The van der Waals surface area contributed by atoms with E-state index in [9.17, 15) is 9.59 Å². The minimum absolute atomic E-state index is 0. The van der Waals surface area contributed by atoms with Crippen LogP contribution in [-0.4, -0.2) is 29.3 Å². The highest BCUT2D eigenvalue weighted by atomic mass is 16.7. The highest BCUT2D eigenvalue weighted by Gasteiger charge is 2.18. The highest BCUT2D eigenvalue weighted by Crippen LogP contribution is 1.78. The minimum Gasteiger partial charge on any atom is -0.412 e. The van der Waals surface area contributed by atoms with Crippen molar-refractivity contribution in [1.29, 1.82) is 10.8 Å². The standard InChI is InChI=1S/C4H8N6O4.H2O/c5-3(6)9-13-1(11)2(12)14-10-4(7)8;/h(H4,5,6,9)(H4,7,8,10);1H2. The third-order valence-corrected chi connectivity index (χ3v) is 0.674. The van der Waals surface area contributed by atoms with Gasteiger partial charge < -0.3 is 26.6 Å². The molecule has 0 aromatic rings. The molecule has 0 fully saturated rings. The number of nitrogens with one attached hydrogen (secondary N) is 4. The van der Waals surface area contributed by atoms with E-state index in [0.29, 0.717) is 0 Å². The van der Waals surface area contributed by atoms with Gasteiger partial charge in [0, 0.05) is 0 Å². The van der Waals surface area contributed by atoms with Crippen molar-refractivity contribution in [1.82, 2.24) is 11.0 Å². The molecule has 0 radical (unpaired) electrons. The zero-order valence-electron chi connectivity index (χ0n) is 7.29. The first-order chi connectivity index (χ1) is 6.43. The van der Waals surface area contributed by atoms with Gasteiger partial charge in [-0.15, -0.1) is 0 Å². The Kier molecular flexibility index (Phi) is 6.87. The van der Waals surface area contributed by atoms with Gasteiger partial charge in [0.15, 0.2) is 0 Å². The van der Waals surface area contributed by atoms with Gasteiger partial charge in [0.05, 0.1) is 0 Å². The van der Waals surface area contributed by atoms with E-state index in [1.807, 2.05) is 0 Å². The number of hydroxylamine groups is 2. The van der Waals surface area contributed by atoms with Crippen molar-refractivity contribution in [3.05, 3.63) is 0 Å². The van der Waals surface area contributed by atoms with Crippen LogP contribution in [0, 0.1) is 10.8 Å². The molecular weight excluding hydrogens is 212 g/mol. The minimum atomic E-state index is -1.45. The van der Waals surface area contributed by atoms with Gasteiger partial charge in [-0.05, 0) is 0 Å². The van der Waals surface area contributed by atoms with Gasteiger partial charge >= 0.3 is 11.9 Å². The average molecular weight is 222 g/mol. The van der Waals surface area contributed by atoms with Gasteiger partial charge in [-0.25, -0.2) is 9.59 Å². The zero-order chi connectivity index (χ0) is 11.1. The normalized spacial score (nSPS) is 7.73. The molecule has 0 amide bonds. The summed E-state index contributed by atoms with van der Waals surface area (Å²) < 4.78 is 0. The van der Waals surface area contributed by atoms with Crippen molar-refractivity contribution < 1.29 is 24.7 Å². The first-order valence-electron chi connectivity index (χ1n) is 3.05. The van der Waals surface area contributed by atoms with Crippen LogP contribution in [0.1, 0.15) is 0 Å². The molecule has 0 aliphatic heterocycles. The second-order valence-electron chi connectivity index (χ2n) is 1.81. The number of carbonyl (C=O) groups excluding carboxylic acids is 2. The molecule has 0 aromatic heterocycles. The van der Waals surface area contributed by atoms with E-state index < -0.39 is 23.9 Å². The Bertz CT molecular complexity index is 249. The topological polar surface area (TPSA) is 208 Å². The summed E-state index contributed by atoms with van der Waals surface area (Å²) in [5, 5.41) is 13.1. The number of guanidine groups is 2. The van der Waals surface area contributed by atoms with E-state index in [1.165, 1.54) is 0 Å². The van der Waals surface area contributed by atoms with Crippen LogP contribution in [0.5, 0.6) is 0 Å². The van der Waals surface area contributed by atoms with Gasteiger partial charge in [0.2, 0.25) is 11.9 Å². The maximum absolute atomic E-state index is 10.6. The quantitative estimate of drug-likeness (QED) is 0.103. The lowest BCUT2D eigenvalue weighted by Crippen LogP contribution is -2.39. The molecule has 0 atom stereocenters. The van der Waals surface area contributed by atoms with Gasteiger partial charge in [-0.2, -0.15) is 11.0 Å². The monoisotopic (exact) mass is 222 g/mol. The first kappa shape index (κ1) is 14.9. The Morgan fingerprint density at radius 2 is 1.20 bits per heavy atom. The van der Waals surface area contributed by atoms with Crippen molar-refractivity contribution in [3.8, 4) is 0 Å². The molecule has 0 spiro atoms. The molecule has 11 nitrogen and oxygen atoms in total. The fourth-order valence-electron chi connectivity index (χ4n) is 0.286. The lowest BCUT2D eigenvalue weighted by Gasteiger charge is -2.04. The zero-order valence-corrected chi connectivity index (χ0v) is 7.29. The largest absolute Gasteiger partial charge is 0.443 e. The van der Waals surface area contributed by atoms with E-state index in [2.05, 4.69) is 9.68 Å². The van der Waals surface area contributed by atoms with Crippen LogP contribution in [0.25, 0.3) is 0 Å². The maximum atomic E-state index is 10.6. The third kappa shape index (κ3) is 7.79. The van der Waals surface area contributed by atoms with E-state index in [4.69, 9.17) is 22.3 Å². The second-order valence-corrected chi connectivity index (χ2v) is 1.81. The summed E-state index contributed by atoms with van der Waals surface area (Å²) in [6.45, 7) is 0. The molecule has 0 aliphatic carbocycles. The number of rotatable bonds is 0. The number of nitrogens with two attached hydrogens (primary N) is 2. The fraction of sp³-hybridized carbons (Fsp3) is 0. The van der Waals surface area contributed by atoms with Crippen molar-refractivity contribution >= 4 is 23.9 Å². The molecule has 10 N–H and O–H groups in total. The molecule has 0 unspecified atom stereocenters. The predicted octanol–water partition coefficient (Wildman–Crippen LogP) is -3.96. The van der Waals surface area contributed by atoms with Crippen molar-refractivity contribution in [2.24, 2.45) is 11.5 Å². The highest BCUT2D eigenvalue weighted by molar-refractivity contribution is 6.29. The molecule has 0 aromatic carbocycles. The van der Waals surface area contributed by atoms with Gasteiger partial charge in [-0.3, -0.25) is 10.8 Å². The van der Waals surface area contributed by atoms with Crippen LogP contribution >= 0.6 is 0 Å². The Labute approximate surface area is 82.9 Å². The smallest absolute Gasteiger partial charge is 0.412 e. The summed E-state index contributed by atoms with van der Waals surface area (Å²) in [6, 6.07) is 0. The summed E-state index contributed by atoms with van der Waals surface area (Å²) in [6.07, 6.45) is 0. The molecule has 0 saturated carbocycles. The summed E-state index contributed by atoms with van der Waals surface area (Å²) >= 11 is 0. The third-order valence-electron chi connectivity index (χ3n) is 0.674. The van der Waals surface area contributed by atoms with Crippen molar-refractivity contribution in [2.45, 2.75) is 0 Å². The maximum Gasteiger partial charge on any atom is 0.443 e. The van der Waals surface area contributed by atoms with Gasteiger partial charge in [0.25, 0.3) is 0 Å². The molecule has 0 bridgehead atoms. The van der Waals surface area contributed by atoms with Crippen molar-refractivity contribution in [3.63, 3.8) is 0 Å². The van der Waals surface area contributed by atoms with Gasteiger partial charge in [0.1, 0.15) is 0 Å². The second kappa shape index (κ2) is 6.90. The van der Waals surface area contributed by atoms with Gasteiger partial charge in [-0.1, -0.05) is 0 Å². The number of hydrogen-bond donors (Lipinski definition) is 6. The van der Waals surface area contributed by atoms with Crippen LogP contribution in [0.2, 0.25) is 0 Å². The lowest BCUT2D eigenvalue weighted by atomic mass is 10.7. The number of carbonyl (C=O) groups is 2. The van der Waals surface area contributed by atoms with Crippen LogP contribution < -0.4 is 22.4 Å². The van der Waals surface area contributed by atoms with Crippen LogP contribution in [0.3, 0.4) is 0 Å².